The van der Waals surface area contributed by atoms with Crippen LogP contribution in [0.3, 0.4) is 0 Å². The molecular formula is C11H26IN2O+. The lowest BCUT2D eigenvalue weighted by atomic mass is 10.2. The molecule has 3 nitrogen and oxygen atoms in total. The number of carbonyl (C=O) groups excluding carboxylic acids is 1. The molecule has 0 fully saturated rings. The Morgan fingerprint density at radius 3 is 1.27 bits per heavy atom. The molecule has 0 unspecified atom stereocenters. The van der Waals surface area contributed by atoms with Gasteiger partial charge >= 0.3 is 0 Å². The Labute approximate surface area is 112 Å². The van der Waals surface area contributed by atoms with Gasteiger partial charge in [0.2, 0.25) is 0 Å². The minimum Gasteiger partial charge on any atom is -1.00 e. The van der Waals surface area contributed by atoms with E-state index in [2.05, 4.69) is 42.3 Å². The van der Waals surface area contributed by atoms with E-state index in [4.69, 9.17) is 0 Å². The Hall–Kier alpha value is 0.320. The lowest BCUT2D eigenvalue weighted by molar-refractivity contribution is -0.870. The molecule has 0 aromatic heterocycles. The maximum absolute atomic E-state index is 11.5. The first-order valence-electron chi connectivity index (χ1n) is 5.23. The number of ketones is 1. The zero-order valence-electron chi connectivity index (χ0n) is 11.0. The van der Waals surface area contributed by atoms with Crippen LogP contribution >= 0.6 is 0 Å². The summed E-state index contributed by atoms with van der Waals surface area (Å²) in [4.78, 5) is 11.5. The summed E-state index contributed by atoms with van der Waals surface area (Å²) in [6.45, 7) is 1.88. The molecular weight excluding hydrogens is 303 g/mol. The van der Waals surface area contributed by atoms with Crippen LogP contribution in [-0.2, 0) is 4.79 Å². The minimum absolute atomic E-state index is 0. The van der Waals surface area contributed by atoms with Crippen molar-refractivity contribution in [3.05, 3.63) is 0 Å². The van der Waals surface area contributed by atoms with Crippen molar-refractivity contribution >= 4 is 5.78 Å². The molecule has 0 saturated heterocycles. The number of hydrogen-bond acceptors (Lipinski definition) is 1. The predicted octanol–water partition coefficient (Wildman–Crippen LogP) is -2.25. The van der Waals surface area contributed by atoms with Gasteiger partial charge in [0.15, 0.2) is 0 Å². The molecule has 0 aromatic carbocycles. The highest BCUT2D eigenvalue weighted by Crippen LogP contribution is 2.00. The smallest absolute Gasteiger partial charge is 0.144 e. The molecule has 0 aliphatic heterocycles. The van der Waals surface area contributed by atoms with Crippen molar-refractivity contribution in [1.82, 2.24) is 0 Å². The van der Waals surface area contributed by atoms with Crippen molar-refractivity contribution in [3.63, 3.8) is 0 Å². The van der Waals surface area contributed by atoms with E-state index in [1.54, 1.807) is 0 Å². The zero-order valence-corrected chi connectivity index (χ0v) is 13.2. The lowest BCUT2D eigenvalue weighted by Crippen LogP contribution is -3.00. The van der Waals surface area contributed by atoms with E-state index in [1.807, 2.05) is 0 Å². The van der Waals surface area contributed by atoms with Crippen molar-refractivity contribution in [2.45, 2.75) is 12.8 Å². The average molecular weight is 329 g/mol. The number of halogens is 1. The summed E-state index contributed by atoms with van der Waals surface area (Å²) in [6.07, 6.45) is 1.42. The minimum atomic E-state index is 0. The van der Waals surface area contributed by atoms with E-state index in [1.165, 1.54) is 0 Å². The van der Waals surface area contributed by atoms with Gasteiger partial charge < -0.3 is 32.9 Å². The van der Waals surface area contributed by atoms with Crippen LogP contribution in [0, 0.1) is 0 Å². The molecule has 0 radical (unpaired) electrons. The van der Waals surface area contributed by atoms with Gasteiger partial charge in [0.1, 0.15) is 5.78 Å². The van der Waals surface area contributed by atoms with Crippen LogP contribution in [0.5, 0.6) is 0 Å². The van der Waals surface area contributed by atoms with Gasteiger partial charge in [-0.2, -0.15) is 0 Å². The fourth-order valence-electron chi connectivity index (χ4n) is 1.05. The molecule has 0 spiro atoms. The van der Waals surface area contributed by atoms with E-state index < -0.39 is 0 Å². The number of carbonyl (C=O) groups is 1. The molecule has 0 saturated carbocycles. The third kappa shape index (κ3) is 14.3. The molecule has 0 amide bonds. The Bertz CT molecular complexity index is 172. The maximum atomic E-state index is 11.5. The number of nitrogens with zero attached hydrogens (tertiary/aromatic N) is 2. The molecule has 0 rings (SSSR count). The third-order valence-electron chi connectivity index (χ3n) is 2.12. The highest BCUT2D eigenvalue weighted by atomic mass is 127. The summed E-state index contributed by atoms with van der Waals surface area (Å²) in [6, 6.07) is 0. The van der Waals surface area contributed by atoms with Crippen LogP contribution in [-0.4, -0.2) is 70.1 Å². The summed E-state index contributed by atoms with van der Waals surface area (Å²) >= 11 is 0. The molecule has 4 heteroatoms. The van der Waals surface area contributed by atoms with E-state index in [0.29, 0.717) is 18.6 Å². The van der Waals surface area contributed by atoms with Crippen LogP contribution in [0.15, 0.2) is 0 Å². The number of quaternary nitrogens is 2. The molecule has 0 aliphatic carbocycles. The zero-order chi connectivity index (χ0) is 11.4. The van der Waals surface area contributed by atoms with Gasteiger partial charge in [-0.05, 0) is 0 Å². The Morgan fingerprint density at radius 1 is 0.800 bits per heavy atom. The molecule has 0 aliphatic rings. The van der Waals surface area contributed by atoms with Gasteiger partial charge in [-0.3, -0.25) is 4.79 Å². The fourth-order valence-corrected chi connectivity index (χ4v) is 1.05. The number of Topliss-reactive ketones (excluding diaryl/α,β-unsaturated/α-hetero) is 1. The molecule has 0 heterocycles. The van der Waals surface area contributed by atoms with Crippen molar-refractivity contribution in [2.24, 2.45) is 0 Å². The SMILES string of the molecule is C[N+](C)(C)CCC(=O)CC[N+](C)(C)C.[I-]. The lowest BCUT2D eigenvalue weighted by Gasteiger charge is -2.25. The van der Waals surface area contributed by atoms with E-state index in [-0.39, 0.29) is 24.0 Å². The van der Waals surface area contributed by atoms with Crippen LogP contribution < -0.4 is 24.0 Å². The van der Waals surface area contributed by atoms with Crippen molar-refractivity contribution in [2.75, 3.05) is 55.4 Å². The summed E-state index contributed by atoms with van der Waals surface area (Å²) in [5.41, 5.74) is 0. The van der Waals surface area contributed by atoms with Gasteiger partial charge in [-0.1, -0.05) is 0 Å². The second-order valence-corrected chi connectivity index (χ2v) is 6.07. The van der Waals surface area contributed by atoms with E-state index >= 15 is 0 Å². The summed E-state index contributed by atoms with van der Waals surface area (Å²) in [5, 5.41) is 0. The van der Waals surface area contributed by atoms with Gasteiger partial charge in [0, 0.05) is 0 Å². The van der Waals surface area contributed by atoms with Crippen LogP contribution in [0.1, 0.15) is 12.8 Å². The quantitative estimate of drug-likeness (QED) is 0.398. The Morgan fingerprint density at radius 2 is 1.07 bits per heavy atom. The second kappa shape index (κ2) is 6.81. The number of hydrogen-bond donors (Lipinski definition) is 0. The van der Waals surface area contributed by atoms with Crippen molar-refractivity contribution in [1.29, 1.82) is 0 Å². The molecule has 0 bridgehead atoms. The third-order valence-corrected chi connectivity index (χ3v) is 2.12. The highest BCUT2D eigenvalue weighted by Gasteiger charge is 2.14. The molecule has 0 atom stereocenters. The first kappa shape index (κ1) is 17.7. The van der Waals surface area contributed by atoms with Gasteiger partial charge in [0.05, 0.1) is 68.2 Å². The van der Waals surface area contributed by atoms with E-state index in [9.17, 15) is 4.79 Å². The second-order valence-electron chi connectivity index (χ2n) is 6.07. The first-order chi connectivity index (χ1) is 6.10. The maximum Gasteiger partial charge on any atom is 0.144 e. The van der Waals surface area contributed by atoms with Crippen molar-refractivity contribution < 1.29 is 37.7 Å². The molecule has 0 aromatic rings. The fraction of sp³-hybridized carbons (Fsp3) is 0.909. The molecule has 92 valence electrons. The Kier molecular flexibility index (Phi) is 8.03. The van der Waals surface area contributed by atoms with Crippen molar-refractivity contribution in [3.8, 4) is 0 Å². The molecule has 15 heavy (non-hydrogen) atoms. The molecule has 0 N–H and O–H groups in total. The first-order valence-corrected chi connectivity index (χ1v) is 5.23. The topological polar surface area (TPSA) is 17.1 Å². The van der Waals surface area contributed by atoms with E-state index in [0.717, 1.165) is 22.1 Å². The predicted molar refractivity (Wildman–Crippen MR) is 60.0 cm³/mol. The number of rotatable bonds is 6. The average Bonchev–Trinajstić information content (AvgIpc) is 1.94. The standard InChI is InChI=1S/C11H26N2O.HI/c1-12(2,3)9-7-11(14)8-10-13(4,5)6;/h7-10H2,1-6H3;1H/q+2;/p-1. The highest BCUT2D eigenvalue weighted by molar-refractivity contribution is 5.78. The van der Waals surface area contributed by atoms with Gasteiger partial charge in [-0.15, -0.1) is 0 Å². The monoisotopic (exact) mass is 329 g/mol. The normalized spacial score (nSPS) is 12.1. The summed E-state index contributed by atoms with van der Waals surface area (Å²) < 4.78 is 1.74. The Balaban J connectivity index is 0. The van der Waals surface area contributed by atoms with Gasteiger partial charge in [0.25, 0.3) is 0 Å². The largest absolute Gasteiger partial charge is 1.00 e. The van der Waals surface area contributed by atoms with Crippen LogP contribution in [0.2, 0.25) is 0 Å². The summed E-state index contributed by atoms with van der Waals surface area (Å²) in [7, 11) is 12.7. The van der Waals surface area contributed by atoms with Gasteiger partial charge in [-0.25, -0.2) is 0 Å². The van der Waals surface area contributed by atoms with Crippen LogP contribution in [0.4, 0.5) is 0 Å². The van der Waals surface area contributed by atoms with Crippen LogP contribution in [0.25, 0.3) is 0 Å². The summed E-state index contributed by atoms with van der Waals surface area (Å²) in [5.74, 6) is 0.395.